The number of hydrogen-bond acceptors (Lipinski definition) is 5. The number of nitrogens with zero attached hydrogens (tertiary/aromatic N) is 1. The molecule has 5 aliphatic carbocycles. The molecule has 0 aromatic heterocycles. The van der Waals surface area contributed by atoms with Crippen LogP contribution in [0.15, 0.2) is 12.1 Å². The number of aliphatic hydroxyl groups is 1. The number of benzene rings is 1. The Balaban J connectivity index is 1.55. The molecule has 5 saturated carbocycles. The van der Waals surface area contributed by atoms with Gasteiger partial charge in [0.2, 0.25) is 0 Å². The maximum atomic E-state index is 11.5. The molecule has 1 aromatic rings. The van der Waals surface area contributed by atoms with Gasteiger partial charge in [-0.1, -0.05) is 6.07 Å². The molecule has 2 N–H and O–H groups in total. The first-order valence-electron chi connectivity index (χ1n) is 12.6. The molecule has 4 bridgehead atoms. The number of rotatable bonds is 3. The van der Waals surface area contributed by atoms with Crippen LogP contribution < -0.4 is 4.74 Å². The second-order valence-electron chi connectivity index (χ2n) is 12.5. The van der Waals surface area contributed by atoms with Crippen molar-refractivity contribution >= 4 is 0 Å². The first kappa shape index (κ1) is 20.1. The molecule has 0 amide bonds. The average molecular weight is 440 g/mol. The van der Waals surface area contributed by atoms with E-state index in [0.717, 1.165) is 32.2 Å². The molecule has 6 fully saturated rings. The van der Waals surface area contributed by atoms with E-state index in [2.05, 4.69) is 24.8 Å². The number of piperidine rings is 1. The van der Waals surface area contributed by atoms with Crippen LogP contribution >= 0.6 is 0 Å². The molecule has 1 saturated heterocycles. The van der Waals surface area contributed by atoms with Gasteiger partial charge in [0.25, 0.3) is 0 Å². The van der Waals surface area contributed by atoms with Gasteiger partial charge in [-0.2, -0.15) is 0 Å². The summed E-state index contributed by atoms with van der Waals surface area (Å²) in [6.45, 7) is 9.64. The van der Waals surface area contributed by atoms with E-state index < -0.39 is 16.8 Å². The van der Waals surface area contributed by atoms with Crippen LogP contribution in [0.4, 0.5) is 0 Å². The summed E-state index contributed by atoms with van der Waals surface area (Å²) >= 11 is 0. The molecule has 7 aliphatic rings. The molecule has 32 heavy (non-hydrogen) atoms. The largest absolute Gasteiger partial charge is 0.504 e. The smallest absolute Gasteiger partial charge is 0.166 e. The molecule has 174 valence electrons. The summed E-state index contributed by atoms with van der Waals surface area (Å²) in [6, 6.07) is 5.00. The summed E-state index contributed by atoms with van der Waals surface area (Å²) in [5.41, 5.74) is 0.388. The molecule has 2 heterocycles. The van der Waals surface area contributed by atoms with Crippen molar-refractivity contribution in [2.24, 2.45) is 17.3 Å². The number of likely N-dealkylation sites (tertiary alicyclic amines) is 1. The lowest BCUT2D eigenvalue weighted by molar-refractivity contribution is -0.415. The molecule has 2 aliphatic heterocycles. The van der Waals surface area contributed by atoms with E-state index >= 15 is 0 Å². The quantitative estimate of drug-likeness (QED) is 0.748. The van der Waals surface area contributed by atoms with Gasteiger partial charge in [-0.25, -0.2) is 0 Å². The number of fused-ring (bicyclic) bond motifs is 2. The minimum atomic E-state index is -0.863. The van der Waals surface area contributed by atoms with Gasteiger partial charge in [0.15, 0.2) is 11.5 Å². The van der Waals surface area contributed by atoms with Crippen molar-refractivity contribution in [3.8, 4) is 11.5 Å². The number of methoxy groups -OCH3 is 1. The van der Waals surface area contributed by atoms with Gasteiger partial charge in [-0.15, -0.1) is 0 Å². The Morgan fingerprint density at radius 2 is 1.94 bits per heavy atom. The Labute approximate surface area is 191 Å². The Kier molecular flexibility index (Phi) is 3.45. The zero-order valence-electron chi connectivity index (χ0n) is 20.1. The SMILES string of the molecule is COC12[C@@H]3C[C@@]4(C[C@@H]1C(C)(C)O)[C@@H](C)N(C1CC1)CC[C@@]41c4c(C)ccc(O)c4O[C@]21C3. The van der Waals surface area contributed by atoms with Crippen LogP contribution in [0.1, 0.15) is 70.4 Å². The van der Waals surface area contributed by atoms with Crippen LogP contribution in [0.25, 0.3) is 0 Å². The molecular weight excluding hydrogens is 402 g/mol. The fraction of sp³-hybridized carbons (Fsp3) is 0.778. The zero-order valence-corrected chi connectivity index (χ0v) is 20.1. The third kappa shape index (κ3) is 1.73. The highest BCUT2D eigenvalue weighted by molar-refractivity contribution is 5.65. The Morgan fingerprint density at radius 3 is 2.59 bits per heavy atom. The average Bonchev–Trinajstić information content (AvgIpc) is 3.50. The summed E-state index contributed by atoms with van der Waals surface area (Å²) in [6.07, 6.45) is 6.69. The van der Waals surface area contributed by atoms with Gasteiger partial charge in [0.1, 0.15) is 11.2 Å². The predicted octanol–water partition coefficient (Wildman–Crippen LogP) is 3.91. The number of aromatic hydroxyl groups is 1. The van der Waals surface area contributed by atoms with Gasteiger partial charge in [-0.3, -0.25) is 4.90 Å². The van der Waals surface area contributed by atoms with Gasteiger partial charge in [0.05, 0.1) is 11.0 Å². The molecule has 3 spiro atoms. The van der Waals surface area contributed by atoms with Crippen molar-refractivity contribution in [2.45, 2.75) is 101 Å². The summed E-state index contributed by atoms with van der Waals surface area (Å²) in [5, 5.41) is 22.5. The van der Waals surface area contributed by atoms with Crippen LogP contribution in [0.2, 0.25) is 0 Å². The molecular formula is C27H37NO4. The van der Waals surface area contributed by atoms with Crippen LogP contribution in [-0.2, 0) is 10.2 Å². The van der Waals surface area contributed by atoms with Crippen molar-refractivity contribution in [2.75, 3.05) is 13.7 Å². The standard InChI is InChI=1S/C27H37NO4/c1-15-6-9-19(29)22-21(15)25-10-11-28(18-7-8-18)16(2)24(25)12-17-13-26(25,32-22)27(17,31-5)20(14-24)23(3,4)30/h6,9,16-18,20,29-30H,7-8,10-14H2,1-5H3/t16-,17-,20-,24-,25-,26+,27?/m1/s1. The van der Waals surface area contributed by atoms with E-state index in [0.29, 0.717) is 23.8 Å². The van der Waals surface area contributed by atoms with Crippen molar-refractivity contribution in [1.82, 2.24) is 4.90 Å². The number of phenolic OH excluding ortho intramolecular Hbond substituents is 1. The van der Waals surface area contributed by atoms with Crippen molar-refractivity contribution in [3.63, 3.8) is 0 Å². The zero-order chi connectivity index (χ0) is 22.5. The third-order valence-electron chi connectivity index (χ3n) is 11.3. The van der Waals surface area contributed by atoms with Crippen molar-refractivity contribution in [3.05, 3.63) is 23.3 Å². The van der Waals surface area contributed by atoms with Crippen LogP contribution in [-0.4, -0.2) is 57.7 Å². The molecule has 1 aromatic carbocycles. The summed E-state index contributed by atoms with van der Waals surface area (Å²) in [5.74, 6) is 1.33. The highest BCUT2D eigenvalue weighted by atomic mass is 16.6. The first-order chi connectivity index (χ1) is 15.1. The van der Waals surface area contributed by atoms with Gasteiger partial charge in [0, 0.05) is 36.1 Å². The normalized spacial score (nSPS) is 48.5. The van der Waals surface area contributed by atoms with E-state index in [9.17, 15) is 10.2 Å². The van der Waals surface area contributed by atoms with Gasteiger partial charge >= 0.3 is 0 Å². The summed E-state index contributed by atoms with van der Waals surface area (Å²) in [4.78, 5) is 2.78. The van der Waals surface area contributed by atoms with E-state index in [1.807, 2.05) is 21.0 Å². The third-order valence-corrected chi connectivity index (χ3v) is 11.3. The lowest BCUT2D eigenvalue weighted by Gasteiger charge is -2.84. The number of ether oxygens (including phenoxy) is 2. The topological polar surface area (TPSA) is 62.2 Å². The maximum absolute atomic E-state index is 11.5. The Bertz CT molecular complexity index is 1030. The molecule has 5 nitrogen and oxygen atoms in total. The molecule has 1 unspecified atom stereocenters. The number of phenols is 1. The minimum Gasteiger partial charge on any atom is -0.504 e. The van der Waals surface area contributed by atoms with Crippen molar-refractivity contribution in [1.29, 1.82) is 0 Å². The number of aryl methyl sites for hydroxylation is 1. The molecule has 0 radical (unpaired) electrons. The molecule has 5 heteroatoms. The summed E-state index contributed by atoms with van der Waals surface area (Å²) < 4.78 is 13.6. The lowest BCUT2D eigenvalue weighted by Crippen LogP contribution is -2.94. The fourth-order valence-electron chi connectivity index (χ4n) is 10.3. The molecule has 8 rings (SSSR count). The number of hydrogen-bond donors (Lipinski definition) is 2. The Hall–Kier alpha value is -1.30. The lowest BCUT2D eigenvalue weighted by atomic mass is 9.23. The fourth-order valence-corrected chi connectivity index (χ4v) is 10.3. The van der Waals surface area contributed by atoms with E-state index in [-0.39, 0.29) is 22.5 Å². The van der Waals surface area contributed by atoms with E-state index in [4.69, 9.17) is 9.47 Å². The van der Waals surface area contributed by atoms with Gasteiger partial charge in [-0.05, 0) is 90.3 Å². The van der Waals surface area contributed by atoms with Crippen LogP contribution in [0.5, 0.6) is 11.5 Å². The van der Waals surface area contributed by atoms with Crippen molar-refractivity contribution < 1.29 is 19.7 Å². The van der Waals surface area contributed by atoms with Crippen LogP contribution in [0, 0.1) is 24.2 Å². The Morgan fingerprint density at radius 1 is 1.19 bits per heavy atom. The monoisotopic (exact) mass is 439 g/mol. The second kappa shape index (κ2) is 5.50. The van der Waals surface area contributed by atoms with E-state index in [1.54, 1.807) is 6.07 Å². The maximum Gasteiger partial charge on any atom is 0.166 e. The van der Waals surface area contributed by atoms with Gasteiger partial charge < -0.3 is 19.7 Å². The highest BCUT2D eigenvalue weighted by Gasteiger charge is 2.93. The molecule has 7 atom stereocenters. The second-order valence-corrected chi connectivity index (χ2v) is 12.5. The predicted molar refractivity (Wildman–Crippen MR) is 121 cm³/mol. The highest BCUT2D eigenvalue weighted by Crippen LogP contribution is 2.86. The van der Waals surface area contributed by atoms with E-state index in [1.165, 1.54) is 24.0 Å². The first-order valence-corrected chi connectivity index (χ1v) is 12.6. The summed E-state index contributed by atoms with van der Waals surface area (Å²) in [7, 11) is 1.83. The van der Waals surface area contributed by atoms with Crippen LogP contribution in [0.3, 0.4) is 0 Å². The minimum absolute atomic E-state index is 0.000936.